The van der Waals surface area contributed by atoms with E-state index in [9.17, 15) is 9.59 Å². The Morgan fingerprint density at radius 3 is 2.63 bits per heavy atom. The second kappa shape index (κ2) is 5.26. The molecule has 0 spiro atoms. The predicted octanol–water partition coefficient (Wildman–Crippen LogP) is 0.955. The Hall–Kier alpha value is -1.47. The Bertz CT molecular complexity index is 494. The highest BCUT2D eigenvalue weighted by Crippen LogP contribution is 2.26. The van der Waals surface area contributed by atoms with Crippen LogP contribution in [0.5, 0.6) is 0 Å². The van der Waals surface area contributed by atoms with Crippen LogP contribution in [0.4, 0.5) is 0 Å². The van der Waals surface area contributed by atoms with E-state index in [2.05, 4.69) is 4.98 Å². The van der Waals surface area contributed by atoms with Crippen molar-refractivity contribution in [3.8, 4) is 0 Å². The van der Waals surface area contributed by atoms with Crippen molar-refractivity contribution in [3.05, 3.63) is 16.1 Å². The first-order chi connectivity index (χ1) is 8.90. The average Bonchev–Trinajstić information content (AvgIpc) is 2.75. The van der Waals surface area contributed by atoms with Crippen molar-refractivity contribution in [3.63, 3.8) is 0 Å². The zero-order valence-electron chi connectivity index (χ0n) is 10.9. The number of carboxylic acid groups (broad SMARTS) is 1. The number of aliphatic carboxylic acids is 1. The Kier molecular flexibility index (Phi) is 3.86. The summed E-state index contributed by atoms with van der Waals surface area (Å²) < 4.78 is 0. The first-order valence-electron chi connectivity index (χ1n) is 6.13. The summed E-state index contributed by atoms with van der Waals surface area (Å²) >= 11 is 1.37. The molecule has 0 saturated carbocycles. The molecular weight excluding hydrogens is 266 g/mol. The quantitative estimate of drug-likeness (QED) is 0.857. The number of hydrogen-bond acceptors (Lipinski definition) is 5. The third-order valence-electron chi connectivity index (χ3n) is 3.42. The number of aromatic nitrogens is 1. The number of carbonyl (C=O) groups excluding carboxylic acids is 1. The zero-order valence-corrected chi connectivity index (χ0v) is 11.7. The van der Waals surface area contributed by atoms with E-state index < -0.39 is 11.9 Å². The monoisotopic (exact) mass is 283 g/mol. The van der Waals surface area contributed by atoms with Crippen molar-refractivity contribution in [1.82, 2.24) is 9.88 Å². The van der Waals surface area contributed by atoms with E-state index in [0.29, 0.717) is 18.8 Å². The molecule has 1 saturated heterocycles. The van der Waals surface area contributed by atoms with Gasteiger partial charge in [0, 0.05) is 24.4 Å². The van der Waals surface area contributed by atoms with Gasteiger partial charge in [-0.05, 0) is 6.92 Å². The molecule has 1 aromatic rings. The first-order valence-corrected chi connectivity index (χ1v) is 7.01. The molecule has 2 atom stereocenters. The SMILES string of the molecule is CC(N)c1nc(C(=O)N2CC(C(C)C(=O)O)C2)cs1. The van der Waals surface area contributed by atoms with E-state index in [1.807, 2.05) is 6.92 Å². The fourth-order valence-electron chi connectivity index (χ4n) is 1.95. The number of nitrogens with zero attached hydrogens (tertiary/aromatic N) is 2. The van der Waals surface area contributed by atoms with Gasteiger partial charge in [-0.1, -0.05) is 6.92 Å². The molecule has 2 unspecified atom stereocenters. The summed E-state index contributed by atoms with van der Waals surface area (Å²) in [5.74, 6) is -1.34. The number of nitrogens with two attached hydrogens (primary N) is 1. The minimum atomic E-state index is -0.815. The summed E-state index contributed by atoms with van der Waals surface area (Å²) in [6.07, 6.45) is 0. The molecule has 0 bridgehead atoms. The molecule has 104 valence electrons. The van der Waals surface area contributed by atoms with Crippen molar-refractivity contribution in [1.29, 1.82) is 0 Å². The fraction of sp³-hybridized carbons (Fsp3) is 0.583. The van der Waals surface area contributed by atoms with Gasteiger partial charge in [0.2, 0.25) is 0 Å². The van der Waals surface area contributed by atoms with E-state index >= 15 is 0 Å². The number of amides is 1. The van der Waals surface area contributed by atoms with Crippen LogP contribution in [-0.4, -0.2) is 40.0 Å². The molecule has 2 heterocycles. The summed E-state index contributed by atoms with van der Waals surface area (Å²) in [6, 6.07) is -0.178. The van der Waals surface area contributed by atoms with Crippen LogP contribution in [0, 0.1) is 11.8 Å². The number of likely N-dealkylation sites (tertiary alicyclic amines) is 1. The highest BCUT2D eigenvalue weighted by atomic mass is 32.1. The molecule has 0 aliphatic carbocycles. The molecule has 3 N–H and O–H groups in total. The standard InChI is InChI=1S/C12H17N3O3S/c1-6(12(17)18)8-3-15(4-8)11(16)9-5-19-10(14-9)7(2)13/h5-8H,3-4,13H2,1-2H3,(H,17,18). The molecule has 0 aromatic carbocycles. The molecule has 1 aromatic heterocycles. The fourth-order valence-corrected chi connectivity index (χ4v) is 2.70. The van der Waals surface area contributed by atoms with Gasteiger partial charge in [0.25, 0.3) is 5.91 Å². The highest BCUT2D eigenvalue weighted by molar-refractivity contribution is 7.09. The lowest BCUT2D eigenvalue weighted by atomic mass is 9.87. The van der Waals surface area contributed by atoms with Crippen LogP contribution in [0.2, 0.25) is 0 Å². The van der Waals surface area contributed by atoms with Crippen LogP contribution in [-0.2, 0) is 4.79 Å². The van der Waals surface area contributed by atoms with Crippen LogP contribution in [0.3, 0.4) is 0 Å². The molecule has 19 heavy (non-hydrogen) atoms. The second-order valence-electron chi connectivity index (χ2n) is 4.96. The van der Waals surface area contributed by atoms with E-state index in [1.54, 1.807) is 17.2 Å². The molecule has 6 nitrogen and oxygen atoms in total. The number of thiazole rings is 1. The normalized spacial score (nSPS) is 18.8. The molecule has 7 heteroatoms. The highest BCUT2D eigenvalue weighted by Gasteiger charge is 2.38. The summed E-state index contributed by atoms with van der Waals surface area (Å²) in [5, 5.41) is 11.3. The van der Waals surface area contributed by atoms with Crippen LogP contribution in [0.1, 0.15) is 35.4 Å². The van der Waals surface area contributed by atoms with Gasteiger partial charge in [0.1, 0.15) is 10.7 Å². The van der Waals surface area contributed by atoms with Gasteiger partial charge < -0.3 is 15.7 Å². The number of carbonyl (C=O) groups is 2. The third-order valence-corrected chi connectivity index (χ3v) is 4.47. The molecule has 1 fully saturated rings. The Morgan fingerprint density at radius 1 is 1.53 bits per heavy atom. The Labute approximate surface area is 115 Å². The second-order valence-corrected chi connectivity index (χ2v) is 5.85. The van der Waals surface area contributed by atoms with Gasteiger partial charge in [-0.25, -0.2) is 4.98 Å². The molecule has 0 radical (unpaired) electrons. The Morgan fingerprint density at radius 2 is 2.16 bits per heavy atom. The summed E-state index contributed by atoms with van der Waals surface area (Å²) in [6.45, 7) is 4.46. The number of carboxylic acids is 1. The summed E-state index contributed by atoms with van der Waals surface area (Å²) in [4.78, 5) is 28.7. The van der Waals surface area contributed by atoms with Crippen molar-refractivity contribution >= 4 is 23.2 Å². The molecule has 1 amide bonds. The van der Waals surface area contributed by atoms with Crippen molar-refractivity contribution < 1.29 is 14.7 Å². The van der Waals surface area contributed by atoms with Gasteiger partial charge >= 0.3 is 5.97 Å². The van der Waals surface area contributed by atoms with E-state index in [4.69, 9.17) is 10.8 Å². The summed E-state index contributed by atoms with van der Waals surface area (Å²) in [7, 11) is 0. The van der Waals surface area contributed by atoms with Crippen LogP contribution >= 0.6 is 11.3 Å². The molecule has 1 aliphatic rings. The van der Waals surface area contributed by atoms with E-state index in [-0.39, 0.29) is 17.9 Å². The minimum Gasteiger partial charge on any atom is -0.481 e. The molecular formula is C12H17N3O3S. The summed E-state index contributed by atoms with van der Waals surface area (Å²) in [5.41, 5.74) is 6.10. The maximum absolute atomic E-state index is 12.1. The van der Waals surface area contributed by atoms with Gasteiger partial charge in [-0.3, -0.25) is 9.59 Å². The lowest BCUT2D eigenvalue weighted by Crippen LogP contribution is -2.53. The van der Waals surface area contributed by atoms with Crippen LogP contribution in [0.15, 0.2) is 5.38 Å². The predicted molar refractivity (Wildman–Crippen MR) is 70.9 cm³/mol. The van der Waals surface area contributed by atoms with Gasteiger partial charge in [-0.2, -0.15) is 0 Å². The number of hydrogen-bond donors (Lipinski definition) is 2. The third kappa shape index (κ3) is 2.76. The minimum absolute atomic E-state index is 0.0352. The van der Waals surface area contributed by atoms with Crippen LogP contribution < -0.4 is 5.73 Å². The average molecular weight is 283 g/mol. The maximum atomic E-state index is 12.1. The van der Waals surface area contributed by atoms with Gasteiger partial charge in [-0.15, -0.1) is 11.3 Å². The largest absolute Gasteiger partial charge is 0.481 e. The van der Waals surface area contributed by atoms with E-state index in [1.165, 1.54) is 11.3 Å². The van der Waals surface area contributed by atoms with Crippen molar-refractivity contribution in [2.24, 2.45) is 17.6 Å². The zero-order chi connectivity index (χ0) is 14.2. The van der Waals surface area contributed by atoms with Gasteiger partial charge in [0.15, 0.2) is 0 Å². The lowest BCUT2D eigenvalue weighted by molar-refractivity contribution is -0.144. The van der Waals surface area contributed by atoms with Crippen LogP contribution in [0.25, 0.3) is 0 Å². The lowest BCUT2D eigenvalue weighted by Gasteiger charge is -2.40. The van der Waals surface area contributed by atoms with Crippen molar-refractivity contribution in [2.45, 2.75) is 19.9 Å². The number of rotatable bonds is 4. The first kappa shape index (κ1) is 14.0. The molecule has 2 rings (SSSR count). The Balaban J connectivity index is 1.94. The van der Waals surface area contributed by atoms with Crippen molar-refractivity contribution in [2.75, 3.05) is 13.1 Å². The smallest absolute Gasteiger partial charge is 0.306 e. The van der Waals surface area contributed by atoms with E-state index in [0.717, 1.165) is 5.01 Å². The molecule has 1 aliphatic heterocycles. The maximum Gasteiger partial charge on any atom is 0.306 e. The topological polar surface area (TPSA) is 96.5 Å². The van der Waals surface area contributed by atoms with Gasteiger partial charge in [0.05, 0.1) is 12.0 Å².